The van der Waals surface area contributed by atoms with E-state index in [4.69, 9.17) is 4.74 Å². The number of esters is 1. The van der Waals surface area contributed by atoms with Gasteiger partial charge in [0.05, 0.1) is 17.6 Å². The Morgan fingerprint density at radius 3 is 2.54 bits per heavy atom. The van der Waals surface area contributed by atoms with E-state index in [9.17, 15) is 14.4 Å². The van der Waals surface area contributed by atoms with Gasteiger partial charge in [0, 0.05) is 83.4 Å². The zero-order valence-corrected chi connectivity index (χ0v) is 27.9. The molecule has 2 saturated heterocycles. The van der Waals surface area contributed by atoms with Crippen LogP contribution in [0.25, 0.3) is 0 Å². The summed E-state index contributed by atoms with van der Waals surface area (Å²) >= 11 is 0. The van der Waals surface area contributed by atoms with Crippen LogP contribution in [0.3, 0.4) is 0 Å². The van der Waals surface area contributed by atoms with Crippen molar-refractivity contribution in [3.8, 4) is 0 Å². The van der Waals surface area contributed by atoms with Gasteiger partial charge in [-0.05, 0) is 74.2 Å². The maximum Gasteiger partial charge on any atom is 0.302 e. The van der Waals surface area contributed by atoms with Crippen LogP contribution in [-0.2, 0) is 40.3 Å². The molecule has 7 rings (SSSR count). The second kappa shape index (κ2) is 13.1. The van der Waals surface area contributed by atoms with E-state index < -0.39 is 11.8 Å². The molecule has 2 amide bonds. The van der Waals surface area contributed by atoms with Crippen molar-refractivity contribution in [2.75, 3.05) is 63.2 Å². The SMILES string of the molecule is CC(=O)OCc1c(C2CC(=Nc3ccc(N4CCN(C)CC4)cn3)C(=O)N(C)C2)cc(F)cc1N1CCn2c(cc3c2CCCC3)C1=O. The summed E-state index contributed by atoms with van der Waals surface area (Å²) < 4.78 is 23.2. The Kier molecular flexibility index (Phi) is 8.76. The Labute approximate surface area is 280 Å². The van der Waals surface area contributed by atoms with E-state index in [0.29, 0.717) is 53.7 Å². The minimum Gasteiger partial charge on any atom is -0.461 e. The van der Waals surface area contributed by atoms with Crippen molar-refractivity contribution in [2.24, 2.45) is 4.99 Å². The van der Waals surface area contributed by atoms with Crippen LogP contribution in [0.5, 0.6) is 0 Å². The van der Waals surface area contributed by atoms with E-state index in [1.54, 1.807) is 23.0 Å². The van der Waals surface area contributed by atoms with Gasteiger partial charge in [0.15, 0.2) is 5.82 Å². The number of ether oxygens (including phenoxy) is 1. The van der Waals surface area contributed by atoms with Gasteiger partial charge in [-0.15, -0.1) is 0 Å². The van der Waals surface area contributed by atoms with Gasteiger partial charge >= 0.3 is 5.97 Å². The third-order valence-corrected chi connectivity index (χ3v) is 10.2. The number of piperidine rings is 1. The first-order valence-corrected chi connectivity index (χ1v) is 16.9. The molecule has 0 saturated carbocycles. The van der Waals surface area contributed by atoms with Crippen molar-refractivity contribution in [3.63, 3.8) is 0 Å². The summed E-state index contributed by atoms with van der Waals surface area (Å²) in [6, 6.07) is 8.58. The number of anilines is 2. The number of halogens is 1. The molecule has 1 aliphatic carbocycles. The molecular weight excluding hydrogens is 613 g/mol. The third-order valence-electron chi connectivity index (χ3n) is 10.2. The molecule has 1 atom stereocenters. The number of hydrogen-bond acceptors (Lipinski definition) is 8. The molecule has 0 bridgehead atoms. The maximum absolute atomic E-state index is 15.6. The first kappa shape index (κ1) is 32.0. The molecule has 0 spiro atoms. The van der Waals surface area contributed by atoms with Crippen LogP contribution in [0.2, 0.25) is 0 Å². The predicted molar refractivity (Wildman–Crippen MR) is 181 cm³/mol. The molecule has 2 fully saturated rings. The number of piperazine rings is 1. The molecule has 12 heteroatoms. The fourth-order valence-corrected chi connectivity index (χ4v) is 7.60. The van der Waals surface area contributed by atoms with E-state index >= 15 is 4.39 Å². The van der Waals surface area contributed by atoms with Gasteiger partial charge in [-0.3, -0.25) is 14.4 Å². The largest absolute Gasteiger partial charge is 0.461 e. The lowest BCUT2D eigenvalue weighted by atomic mass is 9.85. The number of fused-ring (bicyclic) bond motifs is 3. The van der Waals surface area contributed by atoms with Crippen molar-refractivity contribution >= 4 is 40.7 Å². The van der Waals surface area contributed by atoms with Crippen LogP contribution in [0, 0.1) is 5.82 Å². The quantitative estimate of drug-likeness (QED) is 0.369. The minimum atomic E-state index is -0.501. The molecular formula is C36H42FN7O4. The van der Waals surface area contributed by atoms with Gasteiger partial charge in [-0.1, -0.05) is 0 Å². The molecule has 3 aliphatic heterocycles. The number of aliphatic imine (C=N–C) groups is 1. The number of amides is 2. The number of pyridine rings is 1. The Morgan fingerprint density at radius 1 is 1.00 bits per heavy atom. The zero-order valence-electron chi connectivity index (χ0n) is 27.9. The van der Waals surface area contributed by atoms with Crippen molar-refractivity contribution in [2.45, 2.75) is 58.1 Å². The number of likely N-dealkylation sites (tertiary alicyclic amines) is 1. The fraction of sp³-hybridized carbons (Fsp3) is 0.472. The van der Waals surface area contributed by atoms with Crippen molar-refractivity contribution < 1.29 is 23.5 Å². The summed E-state index contributed by atoms with van der Waals surface area (Å²) in [4.78, 5) is 56.4. The predicted octanol–water partition coefficient (Wildman–Crippen LogP) is 4.09. The van der Waals surface area contributed by atoms with Gasteiger partial charge in [0.1, 0.15) is 23.8 Å². The van der Waals surface area contributed by atoms with E-state index in [-0.39, 0.29) is 30.8 Å². The molecule has 5 heterocycles. The van der Waals surface area contributed by atoms with Crippen molar-refractivity contribution in [1.82, 2.24) is 19.4 Å². The molecule has 252 valence electrons. The average molecular weight is 656 g/mol. The van der Waals surface area contributed by atoms with E-state index in [2.05, 4.69) is 31.4 Å². The number of rotatable bonds is 6. The molecule has 1 unspecified atom stereocenters. The molecule has 1 aromatic carbocycles. The molecule has 48 heavy (non-hydrogen) atoms. The fourth-order valence-electron chi connectivity index (χ4n) is 7.60. The van der Waals surface area contributed by atoms with Crippen LogP contribution in [0.4, 0.5) is 21.6 Å². The smallest absolute Gasteiger partial charge is 0.302 e. The minimum absolute atomic E-state index is 0.127. The number of aryl methyl sites for hydroxylation is 1. The number of carbonyl (C=O) groups is 3. The summed E-state index contributed by atoms with van der Waals surface area (Å²) in [6.07, 6.45) is 6.16. The standard InChI is InChI=1S/C36H42FN7O4/c1-23(45)48-22-29-28(18-26(37)19-32(29)44-15-14-43-31-7-5-4-6-24(31)17-33(43)36(44)47)25-16-30(35(46)41(3)21-25)39-34-9-8-27(20-38-34)42-12-10-40(2)11-13-42/h8-9,17-20,25H,4-7,10-16,21-22H2,1-3H3. The molecule has 3 aromatic rings. The highest BCUT2D eigenvalue weighted by molar-refractivity contribution is 6.39. The highest BCUT2D eigenvalue weighted by atomic mass is 19.1. The molecule has 11 nitrogen and oxygen atoms in total. The van der Waals surface area contributed by atoms with Gasteiger partial charge < -0.3 is 28.9 Å². The van der Waals surface area contributed by atoms with Crippen molar-refractivity contribution in [3.05, 3.63) is 70.4 Å². The Morgan fingerprint density at radius 2 is 1.79 bits per heavy atom. The molecule has 4 aliphatic rings. The van der Waals surface area contributed by atoms with Gasteiger partial charge in [0.2, 0.25) is 0 Å². The first-order valence-electron chi connectivity index (χ1n) is 16.9. The van der Waals surface area contributed by atoms with Gasteiger partial charge in [-0.2, -0.15) is 0 Å². The first-order chi connectivity index (χ1) is 23.2. The van der Waals surface area contributed by atoms with Crippen LogP contribution < -0.4 is 9.80 Å². The summed E-state index contributed by atoms with van der Waals surface area (Å²) in [5.74, 6) is -1.32. The number of benzene rings is 1. The van der Waals surface area contributed by atoms with Crippen molar-refractivity contribution in [1.29, 1.82) is 0 Å². The lowest BCUT2D eigenvalue weighted by molar-refractivity contribution is -0.142. The number of hydrogen-bond donors (Lipinski definition) is 0. The van der Waals surface area contributed by atoms with Gasteiger partial charge in [0.25, 0.3) is 11.8 Å². The summed E-state index contributed by atoms with van der Waals surface area (Å²) in [7, 11) is 3.81. The Balaban J connectivity index is 1.20. The molecule has 0 N–H and O–H groups in total. The Hall–Kier alpha value is -4.58. The number of likely N-dealkylation sites (N-methyl/N-ethyl adjacent to an activating group) is 2. The van der Waals surface area contributed by atoms with Crippen LogP contribution in [0.1, 0.15) is 65.0 Å². The van der Waals surface area contributed by atoms with E-state index in [1.807, 2.05) is 18.2 Å². The number of nitrogens with zero attached hydrogens (tertiary/aromatic N) is 7. The normalized spacial score (nSPS) is 21.0. The van der Waals surface area contributed by atoms with E-state index in [1.165, 1.54) is 30.3 Å². The van der Waals surface area contributed by atoms with E-state index in [0.717, 1.165) is 57.5 Å². The monoisotopic (exact) mass is 655 g/mol. The molecule has 2 aromatic heterocycles. The second-order valence-electron chi connectivity index (χ2n) is 13.4. The molecule has 0 radical (unpaired) electrons. The highest BCUT2D eigenvalue weighted by Crippen LogP contribution is 2.38. The van der Waals surface area contributed by atoms with Crippen LogP contribution in [0.15, 0.2) is 41.5 Å². The Bertz CT molecular complexity index is 1780. The zero-order chi connectivity index (χ0) is 33.5. The third kappa shape index (κ3) is 6.21. The lowest BCUT2D eigenvalue weighted by Gasteiger charge is -2.35. The topological polar surface area (TPSA) is 104 Å². The summed E-state index contributed by atoms with van der Waals surface area (Å²) in [5.41, 5.74) is 5.93. The van der Waals surface area contributed by atoms with Crippen LogP contribution >= 0.6 is 0 Å². The summed E-state index contributed by atoms with van der Waals surface area (Å²) in [5, 5.41) is 0. The number of carbonyl (C=O) groups excluding carboxylic acids is 3. The van der Waals surface area contributed by atoms with Crippen LogP contribution in [-0.4, -0.2) is 96.2 Å². The lowest BCUT2D eigenvalue weighted by Crippen LogP contribution is -2.44. The second-order valence-corrected chi connectivity index (χ2v) is 13.4. The average Bonchev–Trinajstić information content (AvgIpc) is 3.46. The summed E-state index contributed by atoms with van der Waals surface area (Å²) in [6.45, 7) is 6.28. The number of aromatic nitrogens is 2. The maximum atomic E-state index is 15.6. The van der Waals surface area contributed by atoms with Gasteiger partial charge in [-0.25, -0.2) is 14.4 Å². The highest BCUT2D eigenvalue weighted by Gasteiger charge is 2.36.